The Morgan fingerprint density at radius 1 is 1.19 bits per heavy atom. The maximum Gasteiger partial charge on any atom is 0.282 e. The highest BCUT2D eigenvalue weighted by Gasteiger charge is 2.22. The molecule has 0 atom stereocenters. The van der Waals surface area contributed by atoms with E-state index in [0.29, 0.717) is 34.2 Å². The molecule has 0 saturated heterocycles. The third-order valence-electron chi connectivity index (χ3n) is 4.95. The molecule has 2 aliphatic heterocycles. The fraction of sp³-hybridized carbons (Fsp3) is 0.167. The van der Waals surface area contributed by atoms with Gasteiger partial charge in [-0.1, -0.05) is 29.5 Å². The van der Waals surface area contributed by atoms with Crippen molar-refractivity contribution in [1.29, 1.82) is 0 Å². The normalized spacial score (nSPS) is 11.0. The van der Waals surface area contributed by atoms with Crippen molar-refractivity contribution >= 4 is 17.3 Å². The van der Waals surface area contributed by atoms with Crippen molar-refractivity contribution in [2.75, 3.05) is 26.4 Å². The highest BCUT2D eigenvalue weighted by molar-refractivity contribution is 6.30. The van der Waals surface area contributed by atoms with Crippen LogP contribution in [0, 0.1) is 18.8 Å². The largest absolute Gasteiger partial charge is 0.398 e. The molecule has 7 heteroatoms. The molecule has 0 aliphatic carbocycles. The van der Waals surface area contributed by atoms with Crippen molar-refractivity contribution in [1.82, 2.24) is 19.7 Å². The fourth-order valence-electron chi connectivity index (χ4n) is 3.38. The number of H-pyrrole nitrogens is 1. The molecular formula is C24H22ClN5O. The Kier molecular flexibility index (Phi) is 5.55. The van der Waals surface area contributed by atoms with E-state index in [1.807, 2.05) is 44.1 Å². The number of rotatable bonds is 3. The van der Waals surface area contributed by atoms with E-state index >= 15 is 0 Å². The molecule has 0 aromatic heterocycles. The van der Waals surface area contributed by atoms with Gasteiger partial charge >= 0.3 is 0 Å². The molecule has 4 rings (SSSR count). The molecule has 0 unspecified atom stereocenters. The first-order valence-electron chi connectivity index (χ1n) is 9.75. The molecule has 0 radical (unpaired) electrons. The lowest BCUT2D eigenvalue weighted by Crippen LogP contribution is -2.14. The van der Waals surface area contributed by atoms with Crippen LogP contribution in [0.2, 0.25) is 5.02 Å². The van der Waals surface area contributed by atoms with Gasteiger partial charge < -0.3 is 10.7 Å². The Balaban J connectivity index is 1.87. The molecule has 0 fully saturated rings. The summed E-state index contributed by atoms with van der Waals surface area (Å²) in [5.74, 6) is 6.26. The Morgan fingerprint density at radius 2 is 1.94 bits per heavy atom. The van der Waals surface area contributed by atoms with Gasteiger partial charge in [-0.2, -0.15) is 9.78 Å². The molecule has 156 valence electrons. The lowest BCUT2D eigenvalue weighted by Gasteiger charge is -2.11. The first kappa shape index (κ1) is 20.7. The molecule has 3 N–H and O–H groups in total. The van der Waals surface area contributed by atoms with Crippen molar-refractivity contribution in [3.8, 4) is 39.9 Å². The standard InChI is InChI=1S/C24H22ClN5O/c1-15-22(17-6-11-21(26)16(13-17)5-4-12-29(2)3)23-20(14-27-15)24(31)30(28-23)19-9-7-18(25)8-10-19/h6-11,13-14,27H,12,26H2,1-3H3. The Bertz CT molecular complexity index is 1340. The number of aromatic nitrogens is 3. The van der Waals surface area contributed by atoms with Crippen molar-refractivity contribution in [2.45, 2.75) is 6.92 Å². The molecule has 0 amide bonds. The second kappa shape index (κ2) is 8.31. The van der Waals surface area contributed by atoms with Crippen LogP contribution in [0.1, 0.15) is 11.3 Å². The second-order valence-electron chi connectivity index (χ2n) is 7.59. The molecule has 31 heavy (non-hydrogen) atoms. The summed E-state index contributed by atoms with van der Waals surface area (Å²) in [6, 6.07) is 12.7. The van der Waals surface area contributed by atoms with Gasteiger partial charge in [0.1, 0.15) is 5.69 Å². The van der Waals surface area contributed by atoms with Gasteiger partial charge in [-0.05, 0) is 63.0 Å². The number of hydrogen-bond acceptors (Lipinski definition) is 4. The van der Waals surface area contributed by atoms with Crippen molar-refractivity contribution in [3.05, 3.63) is 75.3 Å². The number of benzene rings is 2. The summed E-state index contributed by atoms with van der Waals surface area (Å²) in [5, 5.41) is 5.25. The number of fused-ring (bicyclic) bond motifs is 1. The number of halogens is 1. The fourth-order valence-corrected chi connectivity index (χ4v) is 3.51. The number of hydrogen-bond donors (Lipinski definition) is 2. The highest BCUT2D eigenvalue weighted by Crippen LogP contribution is 2.34. The minimum atomic E-state index is -0.198. The van der Waals surface area contributed by atoms with Gasteiger partial charge in [0.25, 0.3) is 5.56 Å². The number of nitrogens with two attached hydrogens (primary N) is 1. The van der Waals surface area contributed by atoms with Crippen LogP contribution < -0.4 is 11.3 Å². The average Bonchev–Trinajstić information content (AvgIpc) is 3.06. The van der Waals surface area contributed by atoms with Gasteiger partial charge in [0.15, 0.2) is 0 Å². The molecular weight excluding hydrogens is 410 g/mol. The number of nitrogens with one attached hydrogen (secondary N) is 1. The van der Waals surface area contributed by atoms with Crippen LogP contribution >= 0.6 is 11.6 Å². The maximum atomic E-state index is 13.0. The number of anilines is 1. The van der Waals surface area contributed by atoms with Gasteiger partial charge in [0, 0.05) is 33.7 Å². The van der Waals surface area contributed by atoms with Crippen LogP contribution in [-0.2, 0) is 0 Å². The van der Waals surface area contributed by atoms with Crippen molar-refractivity contribution in [2.24, 2.45) is 0 Å². The first-order chi connectivity index (χ1) is 14.8. The second-order valence-corrected chi connectivity index (χ2v) is 8.02. The van der Waals surface area contributed by atoms with Crippen LogP contribution in [-0.4, -0.2) is 40.3 Å². The highest BCUT2D eigenvalue weighted by atomic mass is 35.5. The summed E-state index contributed by atoms with van der Waals surface area (Å²) in [6.45, 7) is 2.59. The van der Waals surface area contributed by atoms with Gasteiger partial charge in [0.2, 0.25) is 0 Å². The molecule has 0 bridgehead atoms. The van der Waals surface area contributed by atoms with E-state index in [2.05, 4.69) is 21.9 Å². The predicted octanol–water partition coefficient (Wildman–Crippen LogP) is 3.79. The average molecular weight is 432 g/mol. The maximum absolute atomic E-state index is 13.0. The lowest BCUT2D eigenvalue weighted by molar-refractivity contribution is 0.464. The van der Waals surface area contributed by atoms with E-state index in [4.69, 9.17) is 17.3 Å². The number of nitrogens with zero attached hydrogens (tertiary/aromatic N) is 3. The number of aryl methyl sites for hydroxylation is 1. The SMILES string of the molecule is Cc1[nH]cc2c(=O)n(-c3ccc(Cl)cc3)nc-2c1-c1ccc(N)c(C#CCN(C)C)c1. The van der Waals surface area contributed by atoms with Crippen LogP contribution in [0.4, 0.5) is 5.69 Å². The number of nitrogen functional groups attached to an aromatic ring is 1. The Labute approximate surface area is 185 Å². The summed E-state index contributed by atoms with van der Waals surface area (Å²) in [6.07, 6.45) is 1.70. The van der Waals surface area contributed by atoms with Crippen molar-refractivity contribution in [3.63, 3.8) is 0 Å². The van der Waals surface area contributed by atoms with Gasteiger partial charge in [-0.3, -0.25) is 9.69 Å². The lowest BCUT2D eigenvalue weighted by atomic mass is 9.96. The zero-order valence-electron chi connectivity index (χ0n) is 17.5. The van der Waals surface area contributed by atoms with Gasteiger partial charge in [-0.15, -0.1) is 0 Å². The summed E-state index contributed by atoms with van der Waals surface area (Å²) in [5.41, 5.74) is 11.7. The molecule has 2 aromatic carbocycles. The van der Waals surface area contributed by atoms with E-state index in [0.717, 1.165) is 22.4 Å². The van der Waals surface area contributed by atoms with E-state index < -0.39 is 0 Å². The zero-order chi connectivity index (χ0) is 22.1. The molecule has 2 heterocycles. The molecule has 2 aromatic rings. The Hall–Kier alpha value is -3.53. The summed E-state index contributed by atoms with van der Waals surface area (Å²) < 4.78 is 1.40. The third-order valence-corrected chi connectivity index (χ3v) is 5.21. The van der Waals surface area contributed by atoms with Crippen LogP contribution in [0.5, 0.6) is 0 Å². The quantitative estimate of drug-likeness (QED) is 0.382. The third kappa shape index (κ3) is 4.06. The van der Waals surface area contributed by atoms with E-state index in [1.165, 1.54) is 4.68 Å². The number of pyridine rings is 1. The van der Waals surface area contributed by atoms with E-state index in [-0.39, 0.29) is 5.56 Å². The van der Waals surface area contributed by atoms with Gasteiger partial charge in [-0.25, -0.2) is 0 Å². The zero-order valence-corrected chi connectivity index (χ0v) is 18.3. The van der Waals surface area contributed by atoms with E-state index in [9.17, 15) is 4.79 Å². The van der Waals surface area contributed by atoms with Crippen molar-refractivity contribution < 1.29 is 0 Å². The predicted molar refractivity (Wildman–Crippen MR) is 126 cm³/mol. The molecule has 0 spiro atoms. The molecule has 6 nitrogen and oxygen atoms in total. The van der Waals surface area contributed by atoms with Crippen LogP contribution in [0.15, 0.2) is 53.5 Å². The minimum Gasteiger partial charge on any atom is -0.398 e. The van der Waals surface area contributed by atoms with Gasteiger partial charge in [0.05, 0.1) is 17.8 Å². The number of aromatic amines is 1. The first-order valence-corrected chi connectivity index (χ1v) is 10.1. The van der Waals surface area contributed by atoms with Crippen LogP contribution in [0.25, 0.3) is 28.1 Å². The van der Waals surface area contributed by atoms with E-state index in [1.54, 1.807) is 30.5 Å². The Morgan fingerprint density at radius 3 is 2.65 bits per heavy atom. The topological polar surface area (TPSA) is 79.9 Å². The van der Waals surface area contributed by atoms with Crippen LogP contribution in [0.3, 0.4) is 0 Å². The molecule has 0 saturated carbocycles. The smallest absolute Gasteiger partial charge is 0.282 e. The molecule has 2 aliphatic rings. The minimum absolute atomic E-state index is 0.198. The summed E-state index contributed by atoms with van der Waals surface area (Å²) in [4.78, 5) is 18.2. The summed E-state index contributed by atoms with van der Waals surface area (Å²) in [7, 11) is 3.93. The monoisotopic (exact) mass is 431 g/mol. The summed E-state index contributed by atoms with van der Waals surface area (Å²) >= 11 is 5.99.